The number of benzene rings is 2. The SMILES string of the molecule is COc1ccc2c(C)cn(C[C@H](C)N)c2c1.COc1ccc2ccn(C[C@H](C)N)c2c1. The minimum atomic E-state index is 0.154. The van der Waals surface area contributed by atoms with Crippen molar-refractivity contribution in [3.05, 3.63) is 60.4 Å². The molecule has 6 heteroatoms. The van der Waals surface area contributed by atoms with Crippen LogP contribution in [0.5, 0.6) is 11.5 Å². The first kappa shape index (κ1) is 22.7. The second kappa shape index (κ2) is 9.90. The van der Waals surface area contributed by atoms with Crippen LogP contribution < -0.4 is 20.9 Å². The summed E-state index contributed by atoms with van der Waals surface area (Å²) in [7, 11) is 3.37. The van der Waals surface area contributed by atoms with E-state index < -0.39 is 0 Å². The largest absolute Gasteiger partial charge is 0.497 e. The summed E-state index contributed by atoms with van der Waals surface area (Å²) in [4.78, 5) is 0. The zero-order valence-corrected chi connectivity index (χ0v) is 19.1. The predicted molar refractivity (Wildman–Crippen MR) is 129 cm³/mol. The van der Waals surface area contributed by atoms with Crippen LogP contribution in [0.2, 0.25) is 0 Å². The van der Waals surface area contributed by atoms with Gasteiger partial charge in [0.25, 0.3) is 0 Å². The molecule has 2 atom stereocenters. The maximum absolute atomic E-state index is 5.84. The maximum Gasteiger partial charge on any atom is 0.120 e. The van der Waals surface area contributed by atoms with Crippen molar-refractivity contribution < 1.29 is 9.47 Å². The molecule has 0 aliphatic carbocycles. The van der Waals surface area contributed by atoms with Crippen LogP contribution in [0.25, 0.3) is 21.8 Å². The van der Waals surface area contributed by atoms with Crippen LogP contribution >= 0.6 is 0 Å². The Bertz CT molecular complexity index is 1140. The lowest BCUT2D eigenvalue weighted by atomic mass is 10.2. The van der Waals surface area contributed by atoms with E-state index in [-0.39, 0.29) is 12.1 Å². The summed E-state index contributed by atoms with van der Waals surface area (Å²) in [6, 6.07) is 14.6. The summed E-state index contributed by atoms with van der Waals surface area (Å²) < 4.78 is 14.8. The number of rotatable bonds is 6. The molecule has 4 N–H and O–H groups in total. The van der Waals surface area contributed by atoms with Gasteiger partial charge in [0, 0.05) is 55.1 Å². The number of hydrogen-bond acceptors (Lipinski definition) is 4. The Balaban J connectivity index is 0.000000176. The van der Waals surface area contributed by atoms with Gasteiger partial charge < -0.3 is 30.1 Å². The number of hydrogen-bond donors (Lipinski definition) is 2. The van der Waals surface area contributed by atoms with Crippen LogP contribution in [-0.4, -0.2) is 35.4 Å². The van der Waals surface area contributed by atoms with E-state index in [9.17, 15) is 0 Å². The van der Waals surface area contributed by atoms with Gasteiger partial charge in [0.1, 0.15) is 11.5 Å². The van der Waals surface area contributed by atoms with E-state index in [0.29, 0.717) is 0 Å². The van der Waals surface area contributed by atoms with Crippen LogP contribution in [0.3, 0.4) is 0 Å². The fraction of sp³-hybridized carbons (Fsp3) is 0.360. The first-order valence-corrected chi connectivity index (χ1v) is 10.6. The van der Waals surface area contributed by atoms with E-state index in [1.54, 1.807) is 14.2 Å². The monoisotopic (exact) mass is 422 g/mol. The summed E-state index contributed by atoms with van der Waals surface area (Å²) in [5.74, 6) is 1.77. The molecule has 4 rings (SSSR count). The topological polar surface area (TPSA) is 80.4 Å². The Kier molecular flexibility index (Phi) is 7.25. The standard InChI is InChI=1S/C13H18N2O.C12H16N2O/c1-9-7-15(8-10(2)14)13-6-11(16-3)4-5-12(9)13;1-9(13)8-14-6-5-10-3-4-11(15-2)7-12(10)14/h4-7,10H,8,14H2,1-3H3;3-7,9H,8,13H2,1-2H3/t10-;9-/m00/s1. The van der Waals surface area contributed by atoms with Gasteiger partial charge in [-0.15, -0.1) is 0 Å². The fourth-order valence-corrected chi connectivity index (χ4v) is 3.80. The third kappa shape index (κ3) is 5.40. The first-order chi connectivity index (χ1) is 14.8. The van der Waals surface area contributed by atoms with Gasteiger partial charge in [-0.25, -0.2) is 0 Å². The molecule has 0 bridgehead atoms. The number of methoxy groups -OCH3 is 2. The Morgan fingerprint density at radius 2 is 1.39 bits per heavy atom. The Morgan fingerprint density at radius 1 is 0.806 bits per heavy atom. The lowest BCUT2D eigenvalue weighted by molar-refractivity contribution is 0.415. The van der Waals surface area contributed by atoms with Gasteiger partial charge in [0.2, 0.25) is 0 Å². The molecule has 0 fully saturated rings. The lowest BCUT2D eigenvalue weighted by Gasteiger charge is -2.09. The Morgan fingerprint density at radius 3 is 2.00 bits per heavy atom. The molecular formula is C25H34N4O2. The van der Waals surface area contributed by atoms with E-state index in [0.717, 1.165) is 24.6 Å². The van der Waals surface area contributed by atoms with Crippen molar-refractivity contribution in [3.63, 3.8) is 0 Å². The summed E-state index contributed by atoms with van der Waals surface area (Å²) >= 11 is 0. The highest BCUT2D eigenvalue weighted by molar-refractivity contribution is 5.85. The van der Waals surface area contributed by atoms with E-state index >= 15 is 0 Å². The van der Waals surface area contributed by atoms with Crippen LogP contribution in [0.4, 0.5) is 0 Å². The maximum atomic E-state index is 5.84. The van der Waals surface area contributed by atoms with Gasteiger partial charge in [0.05, 0.1) is 25.3 Å². The highest BCUT2D eigenvalue weighted by atomic mass is 16.5. The van der Waals surface area contributed by atoms with Crippen LogP contribution in [-0.2, 0) is 13.1 Å². The molecule has 2 aromatic heterocycles. The number of aromatic nitrogens is 2. The highest BCUT2D eigenvalue weighted by Crippen LogP contribution is 2.25. The average molecular weight is 423 g/mol. The predicted octanol–water partition coefficient (Wildman–Crippen LogP) is 4.30. The summed E-state index contributed by atoms with van der Waals surface area (Å²) in [6.45, 7) is 7.80. The van der Waals surface area contributed by atoms with Crippen molar-refractivity contribution in [2.24, 2.45) is 11.5 Å². The van der Waals surface area contributed by atoms with E-state index in [2.05, 4.69) is 52.7 Å². The highest BCUT2D eigenvalue weighted by Gasteiger charge is 2.08. The molecule has 31 heavy (non-hydrogen) atoms. The van der Waals surface area contributed by atoms with E-state index in [4.69, 9.17) is 20.9 Å². The fourth-order valence-electron chi connectivity index (χ4n) is 3.80. The first-order valence-electron chi connectivity index (χ1n) is 10.6. The molecule has 0 spiro atoms. The van der Waals surface area contributed by atoms with Crippen molar-refractivity contribution >= 4 is 21.8 Å². The number of nitrogens with two attached hydrogens (primary N) is 2. The van der Waals surface area contributed by atoms with Crippen molar-refractivity contribution in [2.45, 2.75) is 45.9 Å². The molecule has 0 saturated heterocycles. The van der Waals surface area contributed by atoms with Gasteiger partial charge in [-0.1, -0.05) is 0 Å². The molecule has 0 amide bonds. The van der Waals surface area contributed by atoms with Gasteiger partial charge >= 0.3 is 0 Å². The van der Waals surface area contributed by atoms with Crippen LogP contribution in [0.15, 0.2) is 54.9 Å². The summed E-state index contributed by atoms with van der Waals surface area (Å²) in [5.41, 5.74) is 15.3. The van der Waals surface area contributed by atoms with E-state index in [1.807, 2.05) is 32.0 Å². The lowest BCUT2D eigenvalue weighted by Crippen LogP contribution is -2.21. The normalized spacial score (nSPS) is 13.0. The molecule has 2 heterocycles. The van der Waals surface area contributed by atoms with Crippen LogP contribution in [0.1, 0.15) is 19.4 Å². The second-order valence-electron chi connectivity index (χ2n) is 8.19. The molecule has 0 aliphatic rings. The minimum absolute atomic E-state index is 0.154. The third-order valence-electron chi connectivity index (χ3n) is 5.24. The zero-order valence-electron chi connectivity index (χ0n) is 19.1. The molecule has 2 aromatic carbocycles. The molecule has 0 aliphatic heterocycles. The quantitative estimate of drug-likeness (QED) is 0.485. The smallest absolute Gasteiger partial charge is 0.120 e. The molecule has 6 nitrogen and oxygen atoms in total. The summed E-state index contributed by atoms with van der Waals surface area (Å²) in [5, 5.41) is 2.48. The number of nitrogens with zero attached hydrogens (tertiary/aromatic N) is 2. The number of aryl methyl sites for hydroxylation is 1. The minimum Gasteiger partial charge on any atom is -0.497 e. The van der Waals surface area contributed by atoms with Crippen LogP contribution in [0, 0.1) is 6.92 Å². The van der Waals surface area contributed by atoms with Crippen molar-refractivity contribution in [3.8, 4) is 11.5 Å². The molecule has 0 saturated carbocycles. The molecule has 0 unspecified atom stereocenters. The van der Waals surface area contributed by atoms with Gasteiger partial charge in [-0.05, 0) is 62.1 Å². The Labute approximate surface area is 184 Å². The molecule has 4 aromatic rings. The number of fused-ring (bicyclic) bond motifs is 2. The summed E-state index contributed by atoms with van der Waals surface area (Å²) in [6.07, 6.45) is 4.21. The molecule has 166 valence electrons. The molecular weight excluding hydrogens is 388 g/mol. The van der Waals surface area contributed by atoms with Crippen molar-refractivity contribution in [1.29, 1.82) is 0 Å². The van der Waals surface area contributed by atoms with Crippen molar-refractivity contribution in [1.82, 2.24) is 9.13 Å². The third-order valence-corrected chi connectivity index (χ3v) is 5.24. The average Bonchev–Trinajstić information content (AvgIpc) is 3.27. The molecule has 0 radical (unpaired) electrons. The van der Waals surface area contributed by atoms with Gasteiger partial charge in [-0.3, -0.25) is 0 Å². The zero-order chi connectivity index (χ0) is 22.5. The van der Waals surface area contributed by atoms with Gasteiger partial charge in [-0.2, -0.15) is 0 Å². The van der Waals surface area contributed by atoms with Crippen molar-refractivity contribution in [2.75, 3.05) is 14.2 Å². The Hall–Kier alpha value is -2.96. The second-order valence-corrected chi connectivity index (χ2v) is 8.19. The number of ether oxygens (including phenoxy) is 2. The van der Waals surface area contributed by atoms with E-state index in [1.165, 1.54) is 27.4 Å². The van der Waals surface area contributed by atoms with Gasteiger partial charge in [0.15, 0.2) is 0 Å².